The maximum absolute atomic E-state index is 13.4. The Hall–Kier alpha value is -3.20. The lowest BCUT2D eigenvalue weighted by Gasteiger charge is -2.37. The van der Waals surface area contributed by atoms with E-state index in [4.69, 9.17) is 4.74 Å². The van der Waals surface area contributed by atoms with Crippen molar-refractivity contribution in [2.45, 2.75) is 31.3 Å². The Morgan fingerprint density at radius 2 is 1.10 bits per heavy atom. The van der Waals surface area contributed by atoms with Gasteiger partial charge in [0.25, 0.3) is 0 Å². The van der Waals surface area contributed by atoms with E-state index in [1.54, 1.807) is 0 Å². The SMILES string of the molecule is O=C[C@H]1CC[C@H](C(=O)OC(c2ccccc2)(c2ccccc2)c2ccccc2)CC1. The molecule has 0 saturated heterocycles. The second-order valence-electron chi connectivity index (χ2n) is 7.95. The summed E-state index contributed by atoms with van der Waals surface area (Å²) in [7, 11) is 0. The molecule has 0 radical (unpaired) electrons. The van der Waals surface area contributed by atoms with E-state index >= 15 is 0 Å². The summed E-state index contributed by atoms with van der Waals surface area (Å²) >= 11 is 0. The molecule has 0 unspecified atom stereocenters. The van der Waals surface area contributed by atoms with Crippen LogP contribution in [0.25, 0.3) is 0 Å². The first-order valence-electron chi connectivity index (χ1n) is 10.6. The fraction of sp³-hybridized carbons (Fsp3) is 0.259. The summed E-state index contributed by atoms with van der Waals surface area (Å²) in [5.74, 6) is -0.316. The van der Waals surface area contributed by atoms with Gasteiger partial charge in [0.15, 0.2) is 5.60 Å². The predicted molar refractivity (Wildman–Crippen MR) is 117 cm³/mol. The Morgan fingerprint density at radius 3 is 1.47 bits per heavy atom. The normalized spacial score (nSPS) is 19.1. The number of rotatable bonds is 6. The highest BCUT2D eigenvalue weighted by Crippen LogP contribution is 2.42. The van der Waals surface area contributed by atoms with Gasteiger partial charge in [0.2, 0.25) is 0 Å². The standard InChI is InChI=1S/C27H26O3/c28-20-21-16-18-22(19-17-21)26(29)30-27(23-10-4-1-5-11-23,24-12-6-2-7-13-24)25-14-8-3-9-15-25/h1-15,20-22H,16-19H2/t21-,22-. The second kappa shape index (κ2) is 9.08. The highest BCUT2D eigenvalue weighted by Gasteiger charge is 2.42. The van der Waals surface area contributed by atoms with Gasteiger partial charge >= 0.3 is 5.97 Å². The monoisotopic (exact) mass is 398 g/mol. The summed E-state index contributed by atoms with van der Waals surface area (Å²) in [4.78, 5) is 24.5. The topological polar surface area (TPSA) is 43.4 Å². The third-order valence-electron chi connectivity index (χ3n) is 6.09. The van der Waals surface area contributed by atoms with Crippen LogP contribution in [0.2, 0.25) is 0 Å². The maximum Gasteiger partial charge on any atom is 0.310 e. The van der Waals surface area contributed by atoms with Crippen LogP contribution < -0.4 is 0 Å². The van der Waals surface area contributed by atoms with Crippen LogP contribution in [0.3, 0.4) is 0 Å². The molecule has 0 N–H and O–H groups in total. The first-order valence-corrected chi connectivity index (χ1v) is 10.6. The summed E-state index contributed by atoms with van der Waals surface area (Å²) in [6, 6.07) is 29.8. The number of esters is 1. The van der Waals surface area contributed by atoms with E-state index in [1.165, 1.54) is 0 Å². The molecule has 0 bridgehead atoms. The van der Waals surface area contributed by atoms with Crippen molar-refractivity contribution in [1.82, 2.24) is 0 Å². The minimum Gasteiger partial charge on any atom is -0.444 e. The first kappa shape index (κ1) is 20.1. The second-order valence-corrected chi connectivity index (χ2v) is 7.95. The molecule has 3 aromatic carbocycles. The van der Waals surface area contributed by atoms with Crippen molar-refractivity contribution in [1.29, 1.82) is 0 Å². The van der Waals surface area contributed by atoms with Gasteiger partial charge < -0.3 is 9.53 Å². The van der Waals surface area contributed by atoms with E-state index in [9.17, 15) is 9.59 Å². The molecule has 4 rings (SSSR count). The number of hydrogen-bond donors (Lipinski definition) is 0. The molecule has 30 heavy (non-hydrogen) atoms. The van der Waals surface area contributed by atoms with Crippen molar-refractivity contribution in [3.8, 4) is 0 Å². The number of hydrogen-bond acceptors (Lipinski definition) is 3. The minimum atomic E-state index is -1.03. The number of carbonyl (C=O) groups excluding carboxylic acids is 2. The molecule has 1 saturated carbocycles. The molecule has 1 fully saturated rings. The first-order chi connectivity index (χ1) is 14.7. The molecule has 0 amide bonds. The Bertz CT molecular complexity index is 862. The number of aldehydes is 1. The zero-order valence-electron chi connectivity index (χ0n) is 16.9. The fourth-order valence-electron chi connectivity index (χ4n) is 4.42. The van der Waals surface area contributed by atoms with Crippen LogP contribution in [-0.2, 0) is 19.9 Å². The molecular formula is C27H26O3. The Balaban J connectivity index is 1.79. The van der Waals surface area contributed by atoms with Crippen molar-refractivity contribution in [2.24, 2.45) is 11.8 Å². The Kier molecular flexibility index (Phi) is 6.08. The van der Waals surface area contributed by atoms with E-state index in [0.29, 0.717) is 12.8 Å². The quantitative estimate of drug-likeness (QED) is 0.312. The van der Waals surface area contributed by atoms with Crippen LogP contribution in [0.4, 0.5) is 0 Å². The number of ether oxygens (including phenoxy) is 1. The lowest BCUT2D eigenvalue weighted by Crippen LogP contribution is -2.38. The van der Waals surface area contributed by atoms with Gasteiger partial charge in [-0.1, -0.05) is 91.0 Å². The van der Waals surface area contributed by atoms with Crippen molar-refractivity contribution in [3.05, 3.63) is 108 Å². The van der Waals surface area contributed by atoms with Gasteiger partial charge in [-0.2, -0.15) is 0 Å². The molecule has 3 aromatic rings. The largest absolute Gasteiger partial charge is 0.444 e. The number of benzene rings is 3. The van der Waals surface area contributed by atoms with Crippen molar-refractivity contribution in [3.63, 3.8) is 0 Å². The molecule has 0 heterocycles. The Morgan fingerprint density at radius 1 is 0.700 bits per heavy atom. The minimum absolute atomic E-state index is 0.0659. The fourth-order valence-corrected chi connectivity index (χ4v) is 4.42. The zero-order chi connectivity index (χ0) is 20.8. The van der Waals surface area contributed by atoms with E-state index in [0.717, 1.165) is 35.8 Å². The molecule has 0 aromatic heterocycles. The average Bonchev–Trinajstić information content (AvgIpc) is 2.84. The van der Waals surface area contributed by atoms with Gasteiger partial charge in [-0.25, -0.2) is 0 Å². The molecule has 3 heteroatoms. The summed E-state index contributed by atoms with van der Waals surface area (Å²) in [5, 5.41) is 0. The van der Waals surface area contributed by atoms with Crippen molar-refractivity contribution in [2.75, 3.05) is 0 Å². The predicted octanol–water partition coefficient (Wildman–Crippen LogP) is 5.53. The Labute approximate surface area is 177 Å². The average molecular weight is 399 g/mol. The third-order valence-corrected chi connectivity index (χ3v) is 6.09. The van der Waals surface area contributed by atoms with E-state index < -0.39 is 5.60 Å². The lowest BCUT2D eigenvalue weighted by molar-refractivity contribution is -0.160. The maximum atomic E-state index is 13.4. The molecule has 0 aliphatic heterocycles. The van der Waals surface area contributed by atoms with Crippen molar-refractivity contribution < 1.29 is 14.3 Å². The van der Waals surface area contributed by atoms with Crippen LogP contribution in [-0.4, -0.2) is 12.3 Å². The van der Waals surface area contributed by atoms with Crippen LogP contribution in [0.5, 0.6) is 0 Å². The molecule has 3 nitrogen and oxygen atoms in total. The highest BCUT2D eigenvalue weighted by molar-refractivity contribution is 5.75. The van der Waals surface area contributed by atoms with E-state index in [2.05, 4.69) is 0 Å². The van der Waals surface area contributed by atoms with Crippen LogP contribution in [0.1, 0.15) is 42.4 Å². The van der Waals surface area contributed by atoms with Gasteiger partial charge in [0.05, 0.1) is 5.92 Å². The van der Waals surface area contributed by atoms with Crippen LogP contribution >= 0.6 is 0 Å². The summed E-state index contributed by atoms with van der Waals surface area (Å²) in [5.41, 5.74) is 1.72. The summed E-state index contributed by atoms with van der Waals surface area (Å²) in [6.07, 6.45) is 3.90. The summed E-state index contributed by atoms with van der Waals surface area (Å²) in [6.45, 7) is 0. The van der Waals surface area contributed by atoms with E-state index in [-0.39, 0.29) is 17.8 Å². The van der Waals surface area contributed by atoms with Gasteiger partial charge in [-0.15, -0.1) is 0 Å². The molecule has 0 atom stereocenters. The summed E-state index contributed by atoms with van der Waals surface area (Å²) < 4.78 is 6.48. The zero-order valence-corrected chi connectivity index (χ0v) is 16.9. The van der Waals surface area contributed by atoms with Gasteiger partial charge in [-0.05, 0) is 25.7 Å². The van der Waals surface area contributed by atoms with Crippen LogP contribution in [0.15, 0.2) is 91.0 Å². The van der Waals surface area contributed by atoms with Gasteiger partial charge in [-0.3, -0.25) is 4.79 Å². The molecule has 0 spiro atoms. The van der Waals surface area contributed by atoms with Gasteiger partial charge in [0.1, 0.15) is 6.29 Å². The van der Waals surface area contributed by atoms with Gasteiger partial charge in [0, 0.05) is 22.6 Å². The molecule has 152 valence electrons. The molecule has 1 aliphatic carbocycles. The lowest BCUT2D eigenvalue weighted by atomic mass is 9.79. The smallest absolute Gasteiger partial charge is 0.310 e. The molecular weight excluding hydrogens is 372 g/mol. The van der Waals surface area contributed by atoms with E-state index in [1.807, 2.05) is 91.0 Å². The van der Waals surface area contributed by atoms with Crippen molar-refractivity contribution >= 4 is 12.3 Å². The number of carbonyl (C=O) groups is 2. The van der Waals surface area contributed by atoms with Crippen LogP contribution in [0, 0.1) is 11.8 Å². The molecule has 1 aliphatic rings. The highest BCUT2D eigenvalue weighted by atomic mass is 16.6. The third kappa shape index (κ3) is 3.93.